The maximum atomic E-state index is 5.44. The quantitative estimate of drug-likeness (QED) is 0.645. The fraction of sp³-hybridized carbons (Fsp3) is 0.444. The molecule has 3 aromatic rings. The summed E-state index contributed by atoms with van der Waals surface area (Å²) in [5.74, 6) is 1.99. The van der Waals surface area contributed by atoms with Crippen molar-refractivity contribution in [1.29, 1.82) is 0 Å². The molecule has 2 atom stereocenters. The highest BCUT2D eigenvalue weighted by atomic mass is 16.5. The number of rotatable bonds is 7. The molecular formula is C18H23N7O2. The van der Waals surface area contributed by atoms with Gasteiger partial charge in [0.25, 0.3) is 0 Å². The van der Waals surface area contributed by atoms with Crippen LogP contribution in [-0.4, -0.2) is 63.5 Å². The molecular weight excluding hydrogens is 346 g/mol. The van der Waals surface area contributed by atoms with Crippen molar-refractivity contribution >= 4 is 16.9 Å². The van der Waals surface area contributed by atoms with Crippen LogP contribution in [0.25, 0.3) is 16.9 Å². The molecule has 1 aliphatic rings. The Morgan fingerprint density at radius 1 is 1.30 bits per heavy atom. The van der Waals surface area contributed by atoms with Gasteiger partial charge in [-0.25, -0.2) is 15.0 Å². The van der Waals surface area contributed by atoms with Crippen molar-refractivity contribution in [1.82, 2.24) is 29.8 Å². The standard InChI is InChI=1S/C18H23N7O2/c1-3-27-18-5-14-15(7-21-18)25(11-22-14)17-9-19-8-16(24-17)23-12-4-13(10-26-2)20-6-12/h5,7-9,11-13,20H,3-4,6,10H2,1-2H3,(H,23,24)/t12-,13+/m1/s1. The van der Waals surface area contributed by atoms with E-state index in [4.69, 9.17) is 9.47 Å². The Morgan fingerprint density at radius 2 is 2.22 bits per heavy atom. The van der Waals surface area contributed by atoms with Crippen LogP contribution in [0.3, 0.4) is 0 Å². The van der Waals surface area contributed by atoms with Crippen LogP contribution in [0, 0.1) is 0 Å². The van der Waals surface area contributed by atoms with Crippen LogP contribution in [-0.2, 0) is 4.74 Å². The number of anilines is 1. The van der Waals surface area contributed by atoms with Crippen molar-refractivity contribution < 1.29 is 9.47 Å². The maximum absolute atomic E-state index is 5.44. The molecule has 27 heavy (non-hydrogen) atoms. The van der Waals surface area contributed by atoms with Crippen LogP contribution in [0.4, 0.5) is 5.82 Å². The van der Waals surface area contributed by atoms with E-state index in [1.807, 2.05) is 17.6 Å². The van der Waals surface area contributed by atoms with Gasteiger partial charge in [0.15, 0.2) is 5.82 Å². The van der Waals surface area contributed by atoms with Crippen LogP contribution in [0.15, 0.2) is 31.0 Å². The van der Waals surface area contributed by atoms with E-state index in [9.17, 15) is 0 Å². The molecule has 1 saturated heterocycles. The first-order valence-corrected chi connectivity index (χ1v) is 9.04. The summed E-state index contributed by atoms with van der Waals surface area (Å²) in [4.78, 5) is 17.8. The van der Waals surface area contributed by atoms with Crippen LogP contribution < -0.4 is 15.4 Å². The number of hydrogen-bond acceptors (Lipinski definition) is 8. The number of methoxy groups -OCH3 is 1. The molecule has 0 spiro atoms. The van der Waals surface area contributed by atoms with E-state index in [0.29, 0.717) is 37.0 Å². The lowest BCUT2D eigenvalue weighted by Gasteiger charge is -2.13. The summed E-state index contributed by atoms with van der Waals surface area (Å²) < 4.78 is 12.5. The minimum absolute atomic E-state index is 0.296. The highest BCUT2D eigenvalue weighted by Gasteiger charge is 2.24. The number of aromatic nitrogens is 5. The molecule has 9 nitrogen and oxygen atoms in total. The molecule has 0 unspecified atom stereocenters. The van der Waals surface area contributed by atoms with Gasteiger partial charge in [-0.1, -0.05) is 0 Å². The third kappa shape index (κ3) is 3.83. The van der Waals surface area contributed by atoms with Crippen LogP contribution in [0.2, 0.25) is 0 Å². The lowest BCUT2D eigenvalue weighted by atomic mass is 10.2. The topological polar surface area (TPSA) is 99.0 Å². The Morgan fingerprint density at radius 3 is 3.07 bits per heavy atom. The third-order valence-corrected chi connectivity index (χ3v) is 4.51. The van der Waals surface area contributed by atoms with Crippen molar-refractivity contribution in [2.75, 3.05) is 32.2 Å². The van der Waals surface area contributed by atoms with Gasteiger partial charge in [-0.2, -0.15) is 0 Å². The monoisotopic (exact) mass is 369 g/mol. The van der Waals surface area contributed by atoms with E-state index in [2.05, 4.69) is 30.6 Å². The smallest absolute Gasteiger partial charge is 0.215 e. The second-order valence-corrected chi connectivity index (χ2v) is 6.46. The average Bonchev–Trinajstić information content (AvgIpc) is 3.29. The molecule has 4 heterocycles. The molecule has 1 fully saturated rings. The predicted octanol–water partition coefficient (Wildman–Crippen LogP) is 1.40. The third-order valence-electron chi connectivity index (χ3n) is 4.51. The minimum atomic E-state index is 0.296. The number of nitrogens with zero attached hydrogens (tertiary/aromatic N) is 5. The van der Waals surface area contributed by atoms with Gasteiger partial charge in [0.2, 0.25) is 5.88 Å². The Bertz CT molecular complexity index is 914. The van der Waals surface area contributed by atoms with E-state index in [0.717, 1.165) is 29.8 Å². The zero-order valence-electron chi connectivity index (χ0n) is 15.4. The Hall–Kier alpha value is -2.78. The van der Waals surface area contributed by atoms with Gasteiger partial charge in [0.1, 0.15) is 12.1 Å². The molecule has 142 valence electrons. The van der Waals surface area contributed by atoms with Crippen molar-refractivity contribution in [2.24, 2.45) is 0 Å². The Labute approximate surface area is 157 Å². The highest BCUT2D eigenvalue weighted by Crippen LogP contribution is 2.20. The average molecular weight is 369 g/mol. The second-order valence-electron chi connectivity index (χ2n) is 6.46. The van der Waals surface area contributed by atoms with Gasteiger partial charge in [-0.3, -0.25) is 9.55 Å². The Balaban J connectivity index is 1.53. The molecule has 2 N–H and O–H groups in total. The first-order chi connectivity index (χ1) is 13.3. The molecule has 1 aliphatic heterocycles. The van der Waals surface area contributed by atoms with Gasteiger partial charge < -0.3 is 20.1 Å². The largest absolute Gasteiger partial charge is 0.478 e. The van der Waals surface area contributed by atoms with Crippen molar-refractivity contribution in [3.05, 3.63) is 31.0 Å². The van der Waals surface area contributed by atoms with Gasteiger partial charge >= 0.3 is 0 Å². The van der Waals surface area contributed by atoms with Crippen molar-refractivity contribution in [3.8, 4) is 11.7 Å². The molecule has 0 bridgehead atoms. The van der Waals surface area contributed by atoms with E-state index in [1.54, 1.807) is 32.0 Å². The van der Waals surface area contributed by atoms with E-state index >= 15 is 0 Å². The fourth-order valence-corrected chi connectivity index (χ4v) is 3.31. The van der Waals surface area contributed by atoms with Gasteiger partial charge in [0.05, 0.1) is 42.8 Å². The zero-order chi connectivity index (χ0) is 18.6. The minimum Gasteiger partial charge on any atom is -0.478 e. The number of ether oxygens (including phenoxy) is 2. The summed E-state index contributed by atoms with van der Waals surface area (Å²) in [5, 5.41) is 6.88. The summed E-state index contributed by atoms with van der Waals surface area (Å²) in [6.45, 7) is 4.08. The number of imidazole rings is 1. The van der Waals surface area contributed by atoms with Crippen molar-refractivity contribution in [3.63, 3.8) is 0 Å². The number of fused-ring (bicyclic) bond motifs is 1. The first kappa shape index (κ1) is 17.6. The SMILES string of the molecule is CCOc1cc2ncn(-c3cncc(N[C@H]4CN[C@H](COC)C4)n3)c2cn1. The maximum Gasteiger partial charge on any atom is 0.215 e. The van der Waals surface area contributed by atoms with Crippen molar-refractivity contribution in [2.45, 2.75) is 25.4 Å². The van der Waals surface area contributed by atoms with E-state index in [-0.39, 0.29) is 0 Å². The predicted molar refractivity (Wildman–Crippen MR) is 101 cm³/mol. The fourth-order valence-electron chi connectivity index (χ4n) is 3.31. The van der Waals surface area contributed by atoms with Crippen LogP contribution >= 0.6 is 0 Å². The molecule has 0 amide bonds. The normalized spacial score (nSPS) is 19.5. The summed E-state index contributed by atoms with van der Waals surface area (Å²) in [7, 11) is 1.72. The summed E-state index contributed by atoms with van der Waals surface area (Å²) in [6.07, 6.45) is 7.89. The Kier molecular flexibility index (Phi) is 5.12. The first-order valence-electron chi connectivity index (χ1n) is 9.04. The summed E-state index contributed by atoms with van der Waals surface area (Å²) in [6, 6.07) is 2.49. The zero-order valence-corrected chi connectivity index (χ0v) is 15.4. The molecule has 0 saturated carbocycles. The molecule has 0 radical (unpaired) electrons. The van der Waals surface area contributed by atoms with Gasteiger partial charge in [-0.15, -0.1) is 0 Å². The highest BCUT2D eigenvalue weighted by molar-refractivity contribution is 5.77. The number of hydrogen-bond donors (Lipinski definition) is 2. The van der Waals surface area contributed by atoms with Crippen LogP contribution in [0.1, 0.15) is 13.3 Å². The second kappa shape index (κ2) is 7.85. The van der Waals surface area contributed by atoms with Gasteiger partial charge in [0, 0.05) is 31.8 Å². The molecule has 3 aromatic heterocycles. The van der Waals surface area contributed by atoms with E-state index in [1.165, 1.54) is 0 Å². The summed E-state index contributed by atoms with van der Waals surface area (Å²) in [5.41, 5.74) is 1.66. The molecule has 4 rings (SSSR count). The molecule has 9 heteroatoms. The van der Waals surface area contributed by atoms with E-state index < -0.39 is 0 Å². The van der Waals surface area contributed by atoms with Gasteiger partial charge in [-0.05, 0) is 13.3 Å². The molecule has 0 aromatic carbocycles. The number of nitrogens with one attached hydrogen (secondary N) is 2. The number of pyridine rings is 1. The summed E-state index contributed by atoms with van der Waals surface area (Å²) >= 11 is 0. The molecule has 0 aliphatic carbocycles. The lowest BCUT2D eigenvalue weighted by molar-refractivity contribution is 0.173. The lowest BCUT2D eigenvalue weighted by Crippen LogP contribution is -2.26. The van der Waals surface area contributed by atoms with Crippen LogP contribution in [0.5, 0.6) is 5.88 Å².